The molecule has 1 aromatic rings. The molecule has 0 aliphatic heterocycles. The number of hydrogen-bond donors (Lipinski definition) is 2. The third kappa shape index (κ3) is 2.45. The van der Waals surface area contributed by atoms with Crippen LogP contribution in [0.3, 0.4) is 0 Å². The third-order valence-corrected chi connectivity index (χ3v) is 2.75. The van der Waals surface area contributed by atoms with Gasteiger partial charge in [0.2, 0.25) is 0 Å². The number of nitrogens with two attached hydrogens (primary N) is 1. The number of rotatable bonds is 2. The highest BCUT2D eigenvalue weighted by atomic mass is 79.9. The van der Waals surface area contributed by atoms with Gasteiger partial charge in [0.25, 0.3) is 0 Å². The molecule has 0 fully saturated rings. The Morgan fingerprint density at radius 2 is 2.00 bits per heavy atom. The molecule has 1 aromatic carbocycles. The van der Waals surface area contributed by atoms with Crippen molar-refractivity contribution in [1.29, 1.82) is 0 Å². The lowest BCUT2D eigenvalue weighted by atomic mass is 9.97. The summed E-state index contributed by atoms with van der Waals surface area (Å²) in [4.78, 5) is 0. The van der Waals surface area contributed by atoms with E-state index < -0.39 is 0 Å². The fraction of sp³-hybridized carbons (Fsp3) is 0.400. The fourth-order valence-corrected chi connectivity index (χ4v) is 1.78. The number of aromatic hydroxyl groups is 1. The van der Waals surface area contributed by atoms with Crippen LogP contribution < -0.4 is 5.73 Å². The van der Waals surface area contributed by atoms with Gasteiger partial charge in [-0.1, -0.05) is 35.8 Å². The number of phenolic OH excluding ortho intramolecular Hbond substituents is 1. The van der Waals surface area contributed by atoms with Gasteiger partial charge in [0.1, 0.15) is 5.75 Å². The van der Waals surface area contributed by atoms with E-state index in [2.05, 4.69) is 29.8 Å². The summed E-state index contributed by atoms with van der Waals surface area (Å²) in [5.41, 5.74) is 7.01. The second-order valence-electron chi connectivity index (χ2n) is 3.48. The zero-order valence-corrected chi connectivity index (χ0v) is 9.38. The summed E-state index contributed by atoms with van der Waals surface area (Å²) in [5, 5.41) is 9.19. The fourth-order valence-electron chi connectivity index (χ4n) is 1.15. The molecule has 1 atom stereocenters. The van der Waals surface area contributed by atoms with Gasteiger partial charge in [-0.05, 0) is 23.6 Å². The molecule has 0 saturated carbocycles. The van der Waals surface area contributed by atoms with E-state index in [4.69, 9.17) is 5.73 Å². The van der Waals surface area contributed by atoms with Crippen molar-refractivity contribution in [2.45, 2.75) is 19.9 Å². The van der Waals surface area contributed by atoms with E-state index in [0.29, 0.717) is 5.92 Å². The highest BCUT2D eigenvalue weighted by molar-refractivity contribution is 9.10. The van der Waals surface area contributed by atoms with Gasteiger partial charge >= 0.3 is 0 Å². The Kier molecular flexibility index (Phi) is 3.33. The van der Waals surface area contributed by atoms with Crippen molar-refractivity contribution in [3.8, 4) is 5.75 Å². The molecule has 0 saturated heterocycles. The quantitative estimate of drug-likeness (QED) is 0.840. The van der Waals surface area contributed by atoms with E-state index in [1.165, 1.54) is 0 Å². The van der Waals surface area contributed by atoms with Crippen molar-refractivity contribution >= 4 is 15.9 Å². The third-order valence-electron chi connectivity index (χ3n) is 2.06. The number of halogens is 1. The van der Waals surface area contributed by atoms with E-state index in [0.717, 1.165) is 10.0 Å². The highest BCUT2D eigenvalue weighted by Crippen LogP contribution is 2.29. The van der Waals surface area contributed by atoms with Crippen LogP contribution in [0.5, 0.6) is 5.75 Å². The van der Waals surface area contributed by atoms with Gasteiger partial charge < -0.3 is 10.8 Å². The number of phenols is 1. The second-order valence-corrected chi connectivity index (χ2v) is 4.33. The molecule has 0 aromatic heterocycles. The molecule has 0 bridgehead atoms. The standard InChI is InChI=1S/C10H14BrNO/c1-6(2)10(12)8-4-3-7(13)5-9(8)11/h3-6,10,13H,12H2,1-2H3/t10-/m1/s1. The molecular formula is C10H14BrNO. The van der Waals surface area contributed by atoms with E-state index in [-0.39, 0.29) is 11.8 Å². The predicted octanol–water partition coefficient (Wildman–Crippen LogP) is 2.81. The molecule has 72 valence electrons. The second kappa shape index (κ2) is 4.11. The summed E-state index contributed by atoms with van der Waals surface area (Å²) < 4.78 is 0.869. The topological polar surface area (TPSA) is 46.2 Å². The summed E-state index contributed by atoms with van der Waals surface area (Å²) in [6.45, 7) is 4.15. The largest absolute Gasteiger partial charge is 0.508 e. The molecule has 3 heteroatoms. The van der Waals surface area contributed by atoms with Crippen LogP contribution in [-0.2, 0) is 0 Å². The first kappa shape index (κ1) is 10.5. The summed E-state index contributed by atoms with van der Waals surface area (Å²) >= 11 is 3.38. The average Bonchev–Trinajstić information content (AvgIpc) is 2.03. The van der Waals surface area contributed by atoms with Crippen LogP contribution in [0.15, 0.2) is 22.7 Å². The van der Waals surface area contributed by atoms with Crippen molar-refractivity contribution in [3.63, 3.8) is 0 Å². The molecule has 2 nitrogen and oxygen atoms in total. The van der Waals surface area contributed by atoms with Gasteiger partial charge in [-0.15, -0.1) is 0 Å². The molecule has 0 unspecified atom stereocenters. The Bertz CT molecular complexity index is 299. The van der Waals surface area contributed by atoms with E-state index >= 15 is 0 Å². The maximum atomic E-state index is 9.19. The summed E-state index contributed by atoms with van der Waals surface area (Å²) in [5.74, 6) is 0.646. The Hall–Kier alpha value is -0.540. The van der Waals surface area contributed by atoms with Crippen molar-refractivity contribution in [3.05, 3.63) is 28.2 Å². The molecule has 0 radical (unpaired) electrons. The summed E-state index contributed by atoms with van der Waals surface area (Å²) in [7, 11) is 0. The van der Waals surface area contributed by atoms with Crippen LogP contribution >= 0.6 is 15.9 Å². The van der Waals surface area contributed by atoms with Crippen molar-refractivity contribution in [2.24, 2.45) is 11.7 Å². The summed E-state index contributed by atoms with van der Waals surface area (Å²) in [6, 6.07) is 5.18. The van der Waals surface area contributed by atoms with E-state index in [1.807, 2.05) is 6.07 Å². The monoisotopic (exact) mass is 243 g/mol. The normalized spacial score (nSPS) is 13.3. The van der Waals surface area contributed by atoms with Crippen LogP contribution in [0.25, 0.3) is 0 Å². The van der Waals surface area contributed by atoms with Crippen LogP contribution in [-0.4, -0.2) is 5.11 Å². The smallest absolute Gasteiger partial charge is 0.116 e. The van der Waals surface area contributed by atoms with Gasteiger partial charge in [0, 0.05) is 10.5 Å². The zero-order valence-electron chi connectivity index (χ0n) is 7.79. The molecule has 0 heterocycles. The number of benzene rings is 1. The molecule has 0 aliphatic rings. The van der Waals surface area contributed by atoms with Crippen molar-refractivity contribution in [2.75, 3.05) is 0 Å². The predicted molar refractivity (Wildman–Crippen MR) is 57.6 cm³/mol. The average molecular weight is 244 g/mol. The minimum Gasteiger partial charge on any atom is -0.508 e. The first-order chi connectivity index (χ1) is 6.02. The minimum absolute atomic E-state index is 0.00924. The van der Waals surface area contributed by atoms with Gasteiger partial charge in [-0.25, -0.2) is 0 Å². The Morgan fingerprint density at radius 3 is 2.46 bits per heavy atom. The SMILES string of the molecule is CC(C)[C@@H](N)c1ccc(O)cc1Br. The number of hydrogen-bond acceptors (Lipinski definition) is 2. The molecular weight excluding hydrogens is 230 g/mol. The summed E-state index contributed by atoms with van der Waals surface area (Å²) in [6.07, 6.45) is 0. The Morgan fingerprint density at radius 1 is 1.38 bits per heavy atom. The Balaban J connectivity index is 3.01. The van der Waals surface area contributed by atoms with Gasteiger partial charge in [-0.3, -0.25) is 0 Å². The first-order valence-electron chi connectivity index (χ1n) is 4.26. The van der Waals surface area contributed by atoms with Crippen LogP contribution in [0, 0.1) is 5.92 Å². The van der Waals surface area contributed by atoms with Gasteiger partial charge in [0.15, 0.2) is 0 Å². The van der Waals surface area contributed by atoms with Crippen molar-refractivity contribution in [1.82, 2.24) is 0 Å². The molecule has 1 rings (SSSR count). The lowest BCUT2D eigenvalue weighted by Crippen LogP contribution is -2.16. The van der Waals surface area contributed by atoms with E-state index in [9.17, 15) is 5.11 Å². The van der Waals surface area contributed by atoms with E-state index in [1.54, 1.807) is 12.1 Å². The van der Waals surface area contributed by atoms with Crippen molar-refractivity contribution < 1.29 is 5.11 Å². The maximum Gasteiger partial charge on any atom is 0.116 e. The van der Waals surface area contributed by atoms with Gasteiger partial charge in [0.05, 0.1) is 0 Å². The molecule has 0 spiro atoms. The molecule has 0 aliphatic carbocycles. The Labute approximate surface area is 86.9 Å². The van der Waals surface area contributed by atoms with Gasteiger partial charge in [-0.2, -0.15) is 0 Å². The lowest BCUT2D eigenvalue weighted by molar-refractivity contribution is 0.472. The first-order valence-corrected chi connectivity index (χ1v) is 5.05. The molecule has 13 heavy (non-hydrogen) atoms. The molecule has 3 N–H and O–H groups in total. The minimum atomic E-state index is 0.00924. The molecule has 0 amide bonds. The van der Waals surface area contributed by atoms with Crippen LogP contribution in [0.4, 0.5) is 0 Å². The van der Waals surface area contributed by atoms with Crippen LogP contribution in [0.1, 0.15) is 25.5 Å². The van der Waals surface area contributed by atoms with Crippen LogP contribution in [0.2, 0.25) is 0 Å². The highest BCUT2D eigenvalue weighted by Gasteiger charge is 2.13. The zero-order chi connectivity index (χ0) is 10.0. The maximum absolute atomic E-state index is 9.19. The lowest BCUT2D eigenvalue weighted by Gasteiger charge is -2.17.